The topological polar surface area (TPSA) is 63.5 Å². The lowest BCUT2D eigenvalue weighted by Crippen LogP contribution is -2.45. The zero-order chi connectivity index (χ0) is 14.1. The van der Waals surface area contributed by atoms with Gasteiger partial charge in [-0.3, -0.25) is 9.67 Å². The number of methoxy groups -OCH3 is 1. The summed E-state index contributed by atoms with van der Waals surface area (Å²) in [5, 5.41) is 10.7. The molecule has 7 heteroatoms. The van der Waals surface area contributed by atoms with E-state index >= 15 is 0 Å². The molecule has 6 nitrogen and oxygen atoms in total. The highest BCUT2D eigenvalue weighted by Crippen LogP contribution is 2.04. The maximum Gasteiger partial charge on any atom is 0.191 e. The molecule has 1 aromatic heterocycles. The van der Waals surface area contributed by atoms with Crippen molar-refractivity contribution in [3.05, 3.63) is 18.5 Å². The number of ether oxygens (including phenoxy) is 1. The predicted molar refractivity (Wildman–Crippen MR) is 92.7 cm³/mol. The molecule has 0 fully saturated rings. The predicted octanol–water partition coefficient (Wildman–Crippen LogP) is 1.48. The van der Waals surface area contributed by atoms with Gasteiger partial charge in [-0.1, -0.05) is 0 Å². The van der Waals surface area contributed by atoms with Crippen LogP contribution in [0.1, 0.15) is 20.3 Å². The van der Waals surface area contributed by atoms with Crippen LogP contribution in [0.5, 0.6) is 0 Å². The van der Waals surface area contributed by atoms with Gasteiger partial charge in [0.25, 0.3) is 0 Å². The molecule has 1 rings (SSSR count). The molecule has 0 saturated heterocycles. The van der Waals surface area contributed by atoms with Gasteiger partial charge in [-0.05, 0) is 26.3 Å². The smallest absolute Gasteiger partial charge is 0.191 e. The molecule has 0 atom stereocenters. The third-order valence-electron chi connectivity index (χ3n) is 2.87. The van der Waals surface area contributed by atoms with Crippen molar-refractivity contribution < 1.29 is 4.74 Å². The van der Waals surface area contributed by atoms with E-state index < -0.39 is 0 Å². The number of guanidine groups is 1. The summed E-state index contributed by atoms with van der Waals surface area (Å²) in [6.07, 6.45) is 4.75. The Morgan fingerprint density at radius 3 is 2.70 bits per heavy atom. The molecular formula is C13H26IN5O. The molecule has 0 bridgehead atoms. The van der Waals surface area contributed by atoms with Crippen molar-refractivity contribution in [2.45, 2.75) is 32.4 Å². The van der Waals surface area contributed by atoms with Gasteiger partial charge in [0.2, 0.25) is 0 Å². The van der Waals surface area contributed by atoms with Crippen LogP contribution < -0.4 is 10.6 Å². The summed E-state index contributed by atoms with van der Waals surface area (Å²) in [5.41, 5.74) is -0.202. The summed E-state index contributed by atoms with van der Waals surface area (Å²) < 4.78 is 7.27. The number of nitrogens with one attached hydrogen (secondary N) is 2. The van der Waals surface area contributed by atoms with Gasteiger partial charge in [0.1, 0.15) is 0 Å². The molecule has 116 valence electrons. The van der Waals surface area contributed by atoms with Gasteiger partial charge in [-0.15, -0.1) is 24.0 Å². The first kappa shape index (κ1) is 19.2. The second-order valence-electron chi connectivity index (χ2n) is 4.94. The Bertz CT molecular complexity index is 378. The Hall–Kier alpha value is -0.830. The SMILES string of the molecule is CN=C(NCCCn1cccn1)NCC(C)(C)OC.I. The number of hydrogen-bond acceptors (Lipinski definition) is 3. The van der Waals surface area contributed by atoms with Crippen molar-refractivity contribution in [1.82, 2.24) is 20.4 Å². The first-order valence-electron chi connectivity index (χ1n) is 6.54. The van der Waals surface area contributed by atoms with Crippen LogP contribution in [0.15, 0.2) is 23.5 Å². The maximum atomic E-state index is 5.35. The molecule has 0 saturated carbocycles. The average molecular weight is 395 g/mol. The zero-order valence-corrected chi connectivity index (χ0v) is 15.0. The molecule has 20 heavy (non-hydrogen) atoms. The van der Waals surface area contributed by atoms with Crippen LogP contribution >= 0.6 is 24.0 Å². The van der Waals surface area contributed by atoms with E-state index in [4.69, 9.17) is 4.74 Å². The molecule has 0 radical (unpaired) electrons. The lowest BCUT2D eigenvalue weighted by molar-refractivity contribution is 0.0268. The van der Waals surface area contributed by atoms with Gasteiger partial charge >= 0.3 is 0 Å². The summed E-state index contributed by atoms with van der Waals surface area (Å²) in [6, 6.07) is 1.93. The molecule has 1 aromatic rings. The van der Waals surface area contributed by atoms with Crippen LogP contribution in [-0.2, 0) is 11.3 Å². The second kappa shape index (κ2) is 9.98. The molecule has 1 heterocycles. The lowest BCUT2D eigenvalue weighted by atomic mass is 10.1. The number of hydrogen-bond donors (Lipinski definition) is 2. The van der Waals surface area contributed by atoms with E-state index in [9.17, 15) is 0 Å². The normalized spacial score (nSPS) is 11.9. The minimum Gasteiger partial charge on any atom is -0.377 e. The molecule has 0 amide bonds. The van der Waals surface area contributed by atoms with Crippen molar-refractivity contribution in [1.29, 1.82) is 0 Å². The van der Waals surface area contributed by atoms with E-state index in [1.807, 2.05) is 30.8 Å². The van der Waals surface area contributed by atoms with E-state index in [1.54, 1.807) is 20.4 Å². The number of rotatable bonds is 7. The number of nitrogens with zero attached hydrogens (tertiary/aromatic N) is 3. The summed E-state index contributed by atoms with van der Waals surface area (Å²) in [6.45, 7) is 6.53. The Morgan fingerprint density at radius 1 is 1.40 bits per heavy atom. The van der Waals surface area contributed by atoms with Crippen molar-refractivity contribution >= 4 is 29.9 Å². The van der Waals surface area contributed by atoms with E-state index in [1.165, 1.54) is 0 Å². The van der Waals surface area contributed by atoms with Gasteiger partial charge < -0.3 is 15.4 Å². The van der Waals surface area contributed by atoms with E-state index in [0.29, 0.717) is 6.54 Å². The third kappa shape index (κ3) is 7.68. The Kier molecular flexibility index (Phi) is 9.56. The summed E-state index contributed by atoms with van der Waals surface area (Å²) in [5.74, 6) is 0.797. The monoisotopic (exact) mass is 395 g/mol. The standard InChI is InChI=1S/C13H25N5O.HI/c1-13(2,19-4)11-16-12(14-3)15-7-5-9-18-10-6-8-17-18;/h6,8,10H,5,7,9,11H2,1-4H3,(H2,14,15,16);1H. The van der Waals surface area contributed by atoms with Crippen LogP contribution in [0.25, 0.3) is 0 Å². The quantitative estimate of drug-likeness (QED) is 0.318. The number of aryl methyl sites for hydroxylation is 1. The first-order valence-corrected chi connectivity index (χ1v) is 6.54. The van der Waals surface area contributed by atoms with Crippen molar-refractivity contribution in [3.8, 4) is 0 Å². The van der Waals surface area contributed by atoms with Crippen molar-refractivity contribution in [2.75, 3.05) is 27.2 Å². The van der Waals surface area contributed by atoms with Gasteiger partial charge in [0.15, 0.2) is 5.96 Å². The molecule has 0 aliphatic heterocycles. The highest BCUT2D eigenvalue weighted by atomic mass is 127. The molecule has 0 unspecified atom stereocenters. The van der Waals surface area contributed by atoms with E-state index in [2.05, 4.69) is 20.7 Å². The highest BCUT2D eigenvalue weighted by Gasteiger charge is 2.16. The van der Waals surface area contributed by atoms with E-state index in [-0.39, 0.29) is 29.6 Å². The maximum absolute atomic E-state index is 5.35. The van der Waals surface area contributed by atoms with Crippen molar-refractivity contribution in [3.63, 3.8) is 0 Å². The number of halogens is 1. The first-order chi connectivity index (χ1) is 9.07. The Morgan fingerprint density at radius 2 is 2.15 bits per heavy atom. The largest absolute Gasteiger partial charge is 0.377 e. The van der Waals surface area contributed by atoms with Crippen molar-refractivity contribution in [2.24, 2.45) is 4.99 Å². The molecule has 0 aliphatic rings. The van der Waals surface area contributed by atoms with Crippen LogP contribution in [0.2, 0.25) is 0 Å². The van der Waals surface area contributed by atoms with Gasteiger partial charge in [0.05, 0.1) is 5.60 Å². The van der Waals surface area contributed by atoms with Crippen LogP contribution in [-0.4, -0.2) is 48.6 Å². The van der Waals surface area contributed by atoms with Crippen LogP contribution in [0, 0.1) is 0 Å². The minimum absolute atomic E-state index is 0. The summed E-state index contributed by atoms with van der Waals surface area (Å²) in [7, 11) is 3.48. The third-order valence-corrected chi connectivity index (χ3v) is 2.87. The number of aliphatic imine (C=N–C) groups is 1. The van der Waals surface area contributed by atoms with Crippen LogP contribution in [0.3, 0.4) is 0 Å². The van der Waals surface area contributed by atoms with Gasteiger partial charge in [-0.25, -0.2) is 0 Å². The Balaban J connectivity index is 0.00000361. The minimum atomic E-state index is -0.202. The molecule has 0 aliphatic carbocycles. The molecular weight excluding hydrogens is 369 g/mol. The number of aromatic nitrogens is 2. The molecule has 0 aromatic carbocycles. The summed E-state index contributed by atoms with van der Waals surface area (Å²) >= 11 is 0. The fourth-order valence-electron chi connectivity index (χ4n) is 1.47. The Labute approximate surface area is 138 Å². The van der Waals surface area contributed by atoms with Gasteiger partial charge in [-0.2, -0.15) is 5.10 Å². The van der Waals surface area contributed by atoms with E-state index in [0.717, 1.165) is 25.5 Å². The fourth-order valence-corrected chi connectivity index (χ4v) is 1.47. The second-order valence-corrected chi connectivity index (χ2v) is 4.94. The molecule has 2 N–H and O–H groups in total. The highest BCUT2D eigenvalue weighted by molar-refractivity contribution is 14.0. The zero-order valence-electron chi connectivity index (χ0n) is 12.7. The lowest BCUT2D eigenvalue weighted by Gasteiger charge is -2.24. The molecule has 0 spiro atoms. The van der Waals surface area contributed by atoms with Gasteiger partial charge in [0, 0.05) is 46.2 Å². The average Bonchev–Trinajstić information content (AvgIpc) is 2.91. The summed E-state index contributed by atoms with van der Waals surface area (Å²) in [4.78, 5) is 4.18. The fraction of sp³-hybridized carbons (Fsp3) is 0.692. The van der Waals surface area contributed by atoms with Crippen LogP contribution in [0.4, 0.5) is 0 Å².